The van der Waals surface area contributed by atoms with E-state index in [9.17, 15) is 13.2 Å². The van der Waals surface area contributed by atoms with Crippen LogP contribution < -0.4 is 15.0 Å². The average molecular weight is 424 g/mol. The van der Waals surface area contributed by atoms with Gasteiger partial charge in [0.2, 0.25) is 5.69 Å². The monoisotopic (exact) mass is 423 g/mol. The molecule has 138 valence electrons. The van der Waals surface area contributed by atoms with E-state index in [-0.39, 0.29) is 5.13 Å². The number of thiazole rings is 1. The zero-order valence-electron chi connectivity index (χ0n) is 13.8. The van der Waals surface area contributed by atoms with Crippen LogP contribution in [0.4, 0.5) is 5.13 Å². The van der Waals surface area contributed by atoms with Crippen LogP contribution in [0.2, 0.25) is 5.02 Å². The maximum absolute atomic E-state index is 12.8. The number of sulfonamides is 1. The van der Waals surface area contributed by atoms with E-state index in [4.69, 9.17) is 16.1 Å². The summed E-state index contributed by atoms with van der Waals surface area (Å²) in [6.07, 6.45) is 0. The summed E-state index contributed by atoms with van der Waals surface area (Å²) in [4.78, 5) is 16.3. The quantitative estimate of drug-likeness (QED) is 0.490. The predicted octanol–water partition coefficient (Wildman–Crippen LogP) is 2.62. The Labute approximate surface area is 162 Å². The summed E-state index contributed by atoms with van der Waals surface area (Å²) in [7, 11) is -4.26. The van der Waals surface area contributed by atoms with E-state index in [0.717, 1.165) is 14.9 Å². The van der Waals surface area contributed by atoms with Crippen molar-refractivity contribution in [2.45, 2.75) is 11.9 Å². The summed E-state index contributed by atoms with van der Waals surface area (Å²) < 4.78 is 34.5. The first-order chi connectivity index (χ1) is 12.8. The van der Waals surface area contributed by atoms with Gasteiger partial charge >= 0.3 is 20.7 Å². The largest absolute Gasteiger partial charge is 0.449 e. The highest BCUT2D eigenvalue weighted by Gasteiger charge is 2.37. The van der Waals surface area contributed by atoms with Crippen molar-refractivity contribution in [3.63, 3.8) is 0 Å². The smallest absolute Gasteiger partial charge is 0.281 e. The van der Waals surface area contributed by atoms with Crippen LogP contribution in [0.15, 0.2) is 56.8 Å². The van der Waals surface area contributed by atoms with Gasteiger partial charge in [0.1, 0.15) is 0 Å². The molecule has 0 saturated carbocycles. The molecule has 27 heavy (non-hydrogen) atoms. The van der Waals surface area contributed by atoms with Gasteiger partial charge in [0, 0.05) is 17.2 Å². The zero-order valence-corrected chi connectivity index (χ0v) is 16.2. The predicted molar refractivity (Wildman–Crippen MR) is 101 cm³/mol. The minimum absolute atomic E-state index is 0.152. The standard InChI is InChI=1S/C16H11ClN4O4S2/c1-9-2-7-12-13(8-9)26-16(18-12)19-27(23,24)14-15(22)25-20-21(14)11-5-3-10(17)4-6-11/h2-8H,1H3,(H-,18,19,20,22)/p+1. The van der Waals surface area contributed by atoms with Gasteiger partial charge in [-0.15, -0.1) is 0 Å². The van der Waals surface area contributed by atoms with E-state index in [2.05, 4.69) is 15.0 Å². The number of rotatable bonds is 4. The van der Waals surface area contributed by atoms with Crippen LogP contribution >= 0.6 is 22.9 Å². The number of benzene rings is 2. The Morgan fingerprint density at radius 1 is 1.22 bits per heavy atom. The normalized spacial score (nSPS) is 11.8. The third-order valence-electron chi connectivity index (χ3n) is 3.71. The number of nitrogens with zero attached hydrogens (tertiary/aromatic N) is 2. The van der Waals surface area contributed by atoms with Crippen LogP contribution in [0.5, 0.6) is 0 Å². The van der Waals surface area contributed by atoms with Crippen molar-refractivity contribution < 1.29 is 17.6 Å². The summed E-state index contributed by atoms with van der Waals surface area (Å²) in [6.45, 7) is 1.93. The highest BCUT2D eigenvalue weighted by molar-refractivity contribution is 7.92. The molecule has 0 amide bonds. The van der Waals surface area contributed by atoms with E-state index in [1.807, 2.05) is 19.1 Å². The molecule has 0 unspecified atom stereocenters. The number of aromatic amines is 1. The molecule has 0 aliphatic carbocycles. The molecule has 0 spiro atoms. The molecule has 0 atom stereocenters. The number of anilines is 1. The molecule has 0 fully saturated rings. The number of aryl methyl sites for hydroxylation is 1. The van der Waals surface area contributed by atoms with Gasteiger partial charge in [-0.1, -0.05) is 29.0 Å². The third-order valence-corrected chi connectivity index (χ3v) is 6.35. The maximum atomic E-state index is 12.8. The van der Waals surface area contributed by atoms with Crippen molar-refractivity contribution >= 4 is 48.3 Å². The molecule has 2 N–H and O–H groups in total. The molecule has 0 bridgehead atoms. The Bertz CT molecular complexity index is 1310. The number of H-pyrrole nitrogens is 1. The minimum atomic E-state index is -4.26. The van der Waals surface area contributed by atoms with Crippen molar-refractivity contribution in [3.05, 3.63) is 63.5 Å². The van der Waals surface area contributed by atoms with E-state index >= 15 is 0 Å². The topological polar surface area (TPSA) is 109 Å². The summed E-state index contributed by atoms with van der Waals surface area (Å²) in [5.74, 6) is 0. The van der Waals surface area contributed by atoms with Crippen molar-refractivity contribution in [1.29, 1.82) is 0 Å². The molecule has 2 aromatic carbocycles. The lowest BCUT2D eigenvalue weighted by molar-refractivity contribution is -0.705. The van der Waals surface area contributed by atoms with E-state index in [1.165, 1.54) is 11.3 Å². The highest BCUT2D eigenvalue weighted by atomic mass is 35.5. The third kappa shape index (κ3) is 3.34. The minimum Gasteiger partial charge on any atom is -0.281 e. The SMILES string of the molecule is Cc1ccc2nc(NS(=O)(=O)c3c(=O)o[nH][n+]3-c3ccc(Cl)cc3)sc2c1. The second-order valence-electron chi connectivity index (χ2n) is 5.69. The molecule has 8 nitrogen and oxygen atoms in total. The van der Waals surface area contributed by atoms with Gasteiger partial charge in [-0.05, 0) is 46.7 Å². The lowest BCUT2D eigenvalue weighted by Crippen LogP contribution is -2.42. The zero-order chi connectivity index (χ0) is 19.2. The molecule has 2 heterocycles. The maximum Gasteiger partial charge on any atom is 0.449 e. The molecular weight excluding hydrogens is 412 g/mol. The number of aromatic nitrogens is 3. The first-order valence-electron chi connectivity index (χ1n) is 7.63. The second-order valence-corrected chi connectivity index (χ2v) is 8.76. The summed E-state index contributed by atoms with van der Waals surface area (Å²) >= 11 is 7.02. The first-order valence-corrected chi connectivity index (χ1v) is 10.3. The summed E-state index contributed by atoms with van der Waals surface area (Å²) in [5.41, 5.74) is 1.03. The fourth-order valence-electron chi connectivity index (χ4n) is 2.49. The second kappa shape index (κ2) is 6.48. The van der Waals surface area contributed by atoms with Crippen LogP contribution in [0.1, 0.15) is 5.56 Å². The van der Waals surface area contributed by atoms with Crippen molar-refractivity contribution in [3.8, 4) is 5.69 Å². The van der Waals surface area contributed by atoms with Gasteiger partial charge in [0.05, 0.1) is 10.2 Å². The molecule has 11 heteroatoms. The Morgan fingerprint density at radius 3 is 2.70 bits per heavy atom. The Hall–Kier alpha value is -2.69. The van der Waals surface area contributed by atoms with Gasteiger partial charge in [-0.3, -0.25) is 4.52 Å². The molecule has 0 saturated heterocycles. The molecule has 2 aromatic heterocycles. The summed E-state index contributed by atoms with van der Waals surface area (Å²) in [6, 6.07) is 11.8. The molecule has 0 radical (unpaired) electrons. The van der Waals surface area contributed by atoms with Crippen LogP contribution in [0, 0.1) is 6.92 Å². The lowest BCUT2D eigenvalue weighted by atomic mass is 10.2. The van der Waals surface area contributed by atoms with Crippen molar-refractivity contribution in [2.24, 2.45) is 0 Å². The molecule has 4 rings (SSSR count). The highest BCUT2D eigenvalue weighted by Crippen LogP contribution is 2.27. The summed E-state index contributed by atoms with van der Waals surface area (Å²) in [5, 5.41) is 2.31. The Morgan fingerprint density at radius 2 is 1.96 bits per heavy atom. The fourth-order valence-corrected chi connectivity index (χ4v) is 4.95. The molecule has 0 aliphatic rings. The van der Waals surface area contributed by atoms with E-state index < -0.39 is 20.7 Å². The van der Waals surface area contributed by atoms with Gasteiger partial charge in [0.15, 0.2) is 5.13 Å². The van der Waals surface area contributed by atoms with Gasteiger partial charge in [0.25, 0.3) is 0 Å². The fraction of sp³-hybridized carbons (Fsp3) is 0.0625. The molecule has 0 aliphatic heterocycles. The van der Waals surface area contributed by atoms with Crippen LogP contribution in [-0.4, -0.2) is 18.7 Å². The molecular formula is C16H12ClN4O4S2+. The van der Waals surface area contributed by atoms with Gasteiger partial charge in [-0.2, -0.15) is 8.42 Å². The first kappa shape index (κ1) is 17.7. The lowest BCUT2D eigenvalue weighted by Gasteiger charge is -1.99. The Kier molecular flexibility index (Phi) is 4.25. The van der Waals surface area contributed by atoms with Crippen LogP contribution in [0.3, 0.4) is 0 Å². The Balaban J connectivity index is 1.76. The number of fused-ring (bicyclic) bond motifs is 1. The average Bonchev–Trinajstić information content (AvgIpc) is 3.18. The van der Waals surface area contributed by atoms with Crippen molar-refractivity contribution in [2.75, 3.05) is 4.72 Å². The van der Waals surface area contributed by atoms with E-state index in [0.29, 0.717) is 16.2 Å². The molecule has 4 aromatic rings. The van der Waals surface area contributed by atoms with Crippen LogP contribution in [-0.2, 0) is 10.0 Å². The van der Waals surface area contributed by atoms with E-state index in [1.54, 1.807) is 30.3 Å². The van der Waals surface area contributed by atoms with Crippen LogP contribution in [0.25, 0.3) is 15.9 Å². The number of hydrogen-bond donors (Lipinski definition) is 2. The number of hydrogen-bond acceptors (Lipinski definition) is 6. The van der Waals surface area contributed by atoms with Gasteiger partial charge in [-0.25, -0.2) is 14.5 Å². The number of halogens is 1. The van der Waals surface area contributed by atoms with Crippen molar-refractivity contribution in [1.82, 2.24) is 10.3 Å². The number of nitrogens with one attached hydrogen (secondary N) is 2. The van der Waals surface area contributed by atoms with Gasteiger partial charge < -0.3 is 0 Å².